The zero-order valence-electron chi connectivity index (χ0n) is 19.1. The Bertz CT molecular complexity index is 1120. The number of fused-ring (bicyclic) bond motifs is 1. The fourth-order valence-corrected chi connectivity index (χ4v) is 4.21. The lowest BCUT2D eigenvalue weighted by Gasteiger charge is -2.32. The van der Waals surface area contributed by atoms with Gasteiger partial charge < -0.3 is 9.88 Å². The molecule has 0 saturated carbocycles. The Kier molecular flexibility index (Phi) is 7.11. The fraction of sp³-hybridized carbons (Fsp3) is 0.333. The number of hydrogen-bond donors (Lipinski definition) is 1. The van der Waals surface area contributed by atoms with Crippen LogP contribution in [0.2, 0.25) is 5.02 Å². The Labute approximate surface area is 195 Å². The molecule has 1 aliphatic rings. The number of piperidine rings is 1. The maximum absolute atomic E-state index is 6.04. The van der Waals surface area contributed by atoms with Crippen LogP contribution in [0.3, 0.4) is 0 Å². The topological polar surface area (TPSA) is 44.8 Å². The number of halogens is 1. The van der Waals surface area contributed by atoms with Gasteiger partial charge in [-0.1, -0.05) is 60.3 Å². The standard InChI is InChI=1S/C19H21ClN4.C8H10/c1-2-13-7-9-24(10-8-13)18-6-3-14(12-21-18)19-22-16-5-4-15(20)11-17(16)23-19;1-7-3-5-8(2)6-4-7/h3-6,11-13H,2,7-10H2,1H3,(H,22,23);3-6H,1-2H3. The summed E-state index contributed by atoms with van der Waals surface area (Å²) >= 11 is 6.04. The van der Waals surface area contributed by atoms with Crippen molar-refractivity contribution in [2.24, 2.45) is 5.92 Å². The van der Waals surface area contributed by atoms with E-state index in [1.807, 2.05) is 24.4 Å². The maximum Gasteiger partial charge on any atom is 0.140 e. The number of pyridine rings is 1. The summed E-state index contributed by atoms with van der Waals surface area (Å²) in [5.74, 6) is 2.77. The lowest BCUT2D eigenvalue weighted by atomic mass is 9.94. The summed E-state index contributed by atoms with van der Waals surface area (Å²) in [4.78, 5) is 15.0. The summed E-state index contributed by atoms with van der Waals surface area (Å²) in [5.41, 5.74) is 5.52. The molecule has 1 fully saturated rings. The first-order valence-corrected chi connectivity index (χ1v) is 11.8. The first-order valence-electron chi connectivity index (χ1n) is 11.4. The van der Waals surface area contributed by atoms with Gasteiger partial charge in [0.15, 0.2) is 0 Å². The molecule has 1 saturated heterocycles. The number of rotatable bonds is 3. The molecule has 0 unspecified atom stereocenters. The van der Waals surface area contributed by atoms with Crippen molar-refractivity contribution in [1.82, 2.24) is 15.0 Å². The van der Waals surface area contributed by atoms with E-state index >= 15 is 0 Å². The Morgan fingerprint density at radius 2 is 1.66 bits per heavy atom. The lowest BCUT2D eigenvalue weighted by Crippen LogP contribution is -2.33. The number of nitrogens with zero attached hydrogens (tertiary/aromatic N) is 3. The number of imidazole rings is 1. The molecule has 1 N–H and O–H groups in total. The van der Waals surface area contributed by atoms with Crippen molar-refractivity contribution in [3.05, 3.63) is 76.9 Å². The van der Waals surface area contributed by atoms with Crippen molar-refractivity contribution in [2.75, 3.05) is 18.0 Å². The van der Waals surface area contributed by atoms with Gasteiger partial charge >= 0.3 is 0 Å². The molecule has 5 heteroatoms. The van der Waals surface area contributed by atoms with E-state index < -0.39 is 0 Å². The molecule has 0 radical (unpaired) electrons. The minimum absolute atomic E-state index is 0.710. The maximum atomic E-state index is 6.04. The van der Waals surface area contributed by atoms with Crippen LogP contribution in [-0.4, -0.2) is 28.0 Å². The van der Waals surface area contributed by atoms with Gasteiger partial charge in [0.25, 0.3) is 0 Å². The molecule has 0 amide bonds. The van der Waals surface area contributed by atoms with Crippen molar-refractivity contribution < 1.29 is 0 Å². The average molecular weight is 447 g/mol. The third kappa shape index (κ3) is 5.49. The monoisotopic (exact) mass is 446 g/mol. The summed E-state index contributed by atoms with van der Waals surface area (Å²) in [6, 6.07) is 18.4. The third-order valence-corrected chi connectivity index (χ3v) is 6.43. The predicted octanol–water partition coefficient (Wildman–Crippen LogP) is 7.21. The van der Waals surface area contributed by atoms with Gasteiger partial charge in [0, 0.05) is 29.9 Å². The van der Waals surface area contributed by atoms with Crippen LogP contribution < -0.4 is 4.90 Å². The first kappa shape index (κ1) is 22.3. The summed E-state index contributed by atoms with van der Waals surface area (Å²) in [5, 5.41) is 0.710. The smallest absolute Gasteiger partial charge is 0.140 e. The highest BCUT2D eigenvalue weighted by Gasteiger charge is 2.18. The van der Waals surface area contributed by atoms with Gasteiger partial charge in [-0.2, -0.15) is 0 Å². The molecule has 166 valence electrons. The molecule has 0 spiro atoms. The van der Waals surface area contributed by atoms with Crippen molar-refractivity contribution in [2.45, 2.75) is 40.0 Å². The van der Waals surface area contributed by atoms with Crippen molar-refractivity contribution >= 4 is 28.5 Å². The van der Waals surface area contributed by atoms with Crippen molar-refractivity contribution in [3.63, 3.8) is 0 Å². The molecule has 2 aromatic heterocycles. The second kappa shape index (κ2) is 10.2. The van der Waals surface area contributed by atoms with Gasteiger partial charge in [0.1, 0.15) is 11.6 Å². The van der Waals surface area contributed by atoms with Crippen molar-refractivity contribution in [3.8, 4) is 11.4 Å². The summed E-state index contributed by atoms with van der Waals surface area (Å²) in [7, 11) is 0. The fourth-order valence-electron chi connectivity index (χ4n) is 4.04. The van der Waals surface area contributed by atoms with Gasteiger partial charge in [-0.05, 0) is 62.9 Å². The molecule has 32 heavy (non-hydrogen) atoms. The average Bonchev–Trinajstić information content (AvgIpc) is 3.25. The third-order valence-electron chi connectivity index (χ3n) is 6.20. The summed E-state index contributed by atoms with van der Waals surface area (Å²) < 4.78 is 0. The van der Waals surface area contributed by atoms with Crippen LogP contribution in [0.5, 0.6) is 0 Å². The minimum atomic E-state index is 0.710. The van der Waals surface area contributed by atoms with E-state index in [9.17, 15) is 0 Å². The van der Waals surface area contributed by atoms with E-state index in [1.54, 1.807) is 0 Å². The van der Waals surface area contributed by atoms with E-state index in [2.05, 4.69) is 77.0 Å². The van der Waals surface area contributed by atoms with Gasteiger partial charge in [0.05, 0.1) is 11.0 Å². The zero-order valence-corrected chi connectivity index (χ0v) is 19.9. The Balaban J connectivity index is 0.000000260. The first-order chi connectivity index (χ1) is 15.5. The molecule has 1 aliphatic heterocycles. The van der Waals surface area contributed by atoms with Gasteiger partial charge in [0.2, 0.25) is 0 Å². The molecule has 4 aromatic rings. The quantitative estimate of drug-likeness (QED) is 0.361. The lowest BCUT2D eigenvalue weighted by molar-refractivity contribution is 0.394. The number of nitrogens with one attached hydrogen (secondary N) is 1. The highest BCUT2D eigenvalue weighted by Crippen LogP contribution is 2.26. The van der Waals surface area contributed by atoms with E-state index in [0.717, 1.165) is 47.2 Å². The van der Waals surface area contributed by atoms with Crippen molar-refractivity contribution in [1.29, 1.82) is 0 Å². The van der Waals surface area contributed by atoms with Gasteiger partial charge in [-0.15, -0.1) is 0 Å². The predicted molar refractivity (Wildman–Crippen MR) is 135 cm³/mol. The highest BCUT2D eigenvalue weighted by molar-refractivity contribution is 6.31. The molecule has 2 aromatic carbocycles. The van der Waals surface area contributed by atoms with E-state index in [4.69, 9.17) is 11.6 Å². The number of aromatic nitrogens is 3. The second-order valence-corrected chi connectivity index (χ2v) is 9.08. The summed E-state index contributed by atoms with van der Waals surface area (Å²) in [6.45, 7) is 8.69. The minimum Gasteiger partial charge on any atom is -0.357 e. The van der Waals surface area contributed by atoms with Crippen LogP contribution in [0.4, 0.5) is 5.82 Å². The normalized spacial score (nSPS) is 14.3. The molecule has 0 aliphatic carbocycles. The molecule has 5 rings (SSSR count). The van der Waals surface area contributed by atoms with E-state index in [1.165, 1.54) is 30.4 Å². The van der Waals surface area contributed by atoms with E-state index in [0.29, 0.717) is 5.02 Å². The molecule has 0 atom stereocenters. The number of benzene rings is 2. The Morgan fingerprint density at radius 3 is 2.25 bits per heavy atom. The zero-order chi connectivity index (χ0) is 22.5. The molecular weight excluding hydrogens is 416 g/mol. The number of hydrogen-bond acceptors (Lipinski definition) is 3. The van der Waals surface area contributed by atoms with Crippen LogP contribution in [0, 0.1) is 19.8 Å². The largest absolute Gasteiger partial charge is 0.357 e. The molecule has 4 nitrogen and oxygen atoms in total. The number of aryl methyl sites for hydroxylation is 2. The molecule has 0 bridgehead atoms. The number of anilines is 1. The van der Waals surface area contributed by atoms with Gasteiger partial charge in [-0.25, -0.2) is 9.97 Å². The van der Waals surface area contributed by atoms with Crippen LogP contribution in [0.1, 0.15) is 37.3 Å². The van der Waals surface area contributed by atoms with Crippen LogP contribution in [0.15, 0.2) is 60.8 Å². The molecular formula is C27H31ClN4. The van der Waals surface area contributed by atoms with Gasteiger partial charge in [-0.3, -0.25) is 0 Å². The number of aromatic amines is 1. The van der Waals surface area contributed by atoms with Crippen LogP contribution >= 0.6 is 11.6 Å². The van der Waals surface area contributed by atoms with Crippen LogP contribution in [0.25, 0.3) is 22.4 Å². The van der Waals surface area contributed by atoms with E-state index in [-0.39, 0.29) is 0 Å². The second-order valence-electron chi connectivity index (χ2n) is 8.65. The molecule has 3 heterocycles. The van der Waals surface area contributed by atoms with Crippen LogP contribution in [-0.2, 0) is 0 Å². The number of H-pyrrole nitrogens is 1. The summed E-state index contributed by atoms with van der Waals surface area (Å²) in [6.07, 6.45) is 5.73. The SMILES string of the molecule is CCC1CCN(c2ccc(-c3nc4ccc(Cl)cc4[nH]3)cn2)CC1.Cc1ccc(C)cc1. The Morgan fingerprint density at radius 1 is 0.969 bits per heavy atom. The highest BCUT2D eigenvalue weighted by atomic mass is 35.5. The Hall–Kier alpha value is -2.85.